The summed E-state index contributed by atoms with van der Waals surface area (Å²) in [5.74, 6) is -4.41. The van der Waals surface area contributed by atoms with E-state index in [1.165, 1.54) is 0 Å². The predicted octanol–water partition coefficient (Wildman–Crippen LogP) is 0.223. The van der Waals surface area contributed by atoms with Gasteiger partial charge >= 0.3 is 11.9 Å². The molecule has 10 heteroatoms. The van der Waals surface area contributed by atoms with Crippen LogP contribution in [0.15, 0.2) is 30.5 Å². The van der Waals surface area contributed by atoms with Crippen molar-refractivity contribution in [3.05, 3.63) is 36.0 Å². The molecule has 0 spiro atoms. The zero-order valence-corrected chi connectivity index (χ0v) is 16.7. The molecule has 3 unspecified atom stereocenters. The lowest BCUT2D eigenvalue weighted by atomic mass is 10.0. The Morgan fingerprint density at radius 3 is 2.27 bits per heavy atom. The van der Waals surface area contributed by atoms with Crippen LogP contribution >= 0.6 is 0 Å². The second kappa shape index (κ2) is 9.88. The molecular formula is C20H26N4O6. The van der Waals surface area contributed by atoms with Crippen molar-refractivity contribution >= 4 is 34.7 Å². The average molecular weight is 418 g/mol. The van der Waals surface area contributed by atoms with Crippen molar-refractivity contribution < 1.29 is 29.4 Å². The molecule has 1 heterocycles. The Morgan fingerprint density at radius 1 is 1.03 bits per heavy atom. The Morgan fingerprint density at radius 2 is 1.67 bits per heavy atom. The summed E-state index contributed by atoms with van der Waals surface area (Å²) >= 11 is 0. The van der Waals surface area contributed by atoms with E-state index in [4.69, 9.17) is 10.8 Å². The van der Waals surface area contributed by atoms with E-state index in [1.54, 1.807) is 20.0 Å². The minimum atomic E-state index is -1.63. The molecule has 1 aromatic carbocycles. The third-order valence-corrected chi connectivity index (χ3v) is 4.75. The summed E-state index contributed by atoms with van der Waals surface area (Å²) in [5, 5.41) is 23.7. The van der Waals surface area contributed by atoms with E-state index in [-0.39, 0.29) is 12.3 Å². The van der Waals surface area contributed by atoms with E-state index in [0.29, 0.717) is 0 Å². The number of nitrogens with one attached hydrogen (secondary N) is 3. The third kappa shape index (κ3) is 5.80. The molecule has 2 rings (SSSR count). The number of carbonyl (C=O) groups excluding carboxylic acids is 2. The number of hydrogen-bond acceptors (Lipinski definition) is 5. The van der Waals surface area contributed by atoms with Gasteiger partial charge in [0.15, 0.2) is 0 Å². The van der Waals surface area contributed by atoms with Gasteiger partial charge in [0, 0.05) is 23.5 Å². The molecule has 2 amide bonds. The molecule has 30 heavy (non-hydrogen) atoms. The minimum Gasteiger partial charge on any atom is -0.481 e. The number of amides is 2. The monoisotopic (exact) mass is 418 g/mol. The Kier molecular flexibility index (Phi) is 7.54. The van der Waals surface area contributed by atoms with Gasteiger partial charge in [-0.05, 0) is 17.5 Å². The summed E-state index contributed by atoms with van der Waals surface area (Å²) in [7, 11) is 0. The topological polar surface area (TPSA) is 175 Å². The van der Waals surface area contributed by atoms with Gasteiger partial charge in [-0.15, -0.1) is 0 Å². The fourth-order valence-corrected chi connectivity index (χ4v) is 2.95. The molecule has 3 atom stereocenters. The molecule has 0 aliphatic heterocycles. The molecule has 0 saturated carbocycles. The van der Waals surface area contributed by atoms with Crippen LogP contribution in [0.5, 0.6) is 0 Å². The van der Waals surface area contributed by atoms with E-state index in [0.717, 1.165) is 16.5 Å². The number of aromatic amines is 1. The van der Waals surface area contributed by atoms with Crippen LogP contribution in [-0.4, -0.2) is 57.1 Å². The zero-order valence-electron chi connectivity index (χ0n) is 16.7. The third-order valence-electron chi connectivity index (χ3n) is 4.75. The van der Waals surface area contributed by atoms with Crippen molar-refractivity contribution in [2.24, 2.45) is 11.7 Å². The maximum absolute atomic E-state index is 12.8. The molecule has 10 nitrogen and oxygen atoms in total. The van der Waals surface area contributed by atoms with Gasteiger partial charge in [-0.2, -0.15) is 0 Å². The largest absolute Gasteiger partial charge is 0.481 e. The SMILES string of the molecule is CC(C)C(N)C(=O)NC(Cc1c[nH]c2ccccc12)C(=O)NC(CC(=O)O)C(=O)O. The number of aromatic nitrogens is 1. The summed E-state index contributed by atoms with van der Waals surface area (Å²) in [6, 6.07) is 3.75. The average Bonchev–Trinajstić information content (AvgIpc) is 3.08. The lowest BCUT2D eigenvalue weighted by molar-refractivity contribution is -0.147. The molecule has 0 bridgehead atoms. The molecular weight excluding hydrogens is 392 g/mol. The number of carboxylic acid groups (broad SMARTS) is 2. The highest BCUT2D eigenvalue weighted by atomic mass is 16.4. The second-order valence-corrected chi connectivity index (χ2v) is 7.39. The van der Waals surface area contributed by atoms with Gasteiger partial charge in [0.05, 0.1) is 12.5 Å². The minimum absolute atomic E-state index is 0.0613. The molecule has 162 valence electrons. The highest BCUT2D eigenvalue weighted by Gasteiger charge is 2.30. The fraction of sp³-hybridized carbons (Fsp3) is 0.400. The number of fused-ring (bicyclic) bond motifs is 1. The molecule has 0 fully saturated rings. The molecule has 0 radical (unpaired) electrons. The van der Waals surface area contributed by atoms with Gasteiger partial charge in [-0.1, -0.05) is 32.0 Å². The Hall–Kier alpha value is -3.40. The summed E-state index contributed by atoms with van der Waals surface area (Å²) in [6.07, 6.45) is 0.970. The highest BCUT2D eigenvalue weighted by Crippen LogP contribution is 2.19. The van der Waals surface area contributed by atoms with Gasteiger partial charge in [-0.3, -0.25) is 14.4 Å². The number of aliphatic carboxylic acids is 2. The normalized spacial score (nSPS) is 14.1. The number of rotatable bonds is 10. The van der Waals surface area contributed by atoms with Crippen molar-refractivity contribution in [3.63, 3.8) is 0 Å². The quantitative estimate of drug-likeness (QED) is 0.320. The van der Waals surface area contributed by atoms with Crippen LogP contribution in [0.2, 0.25) is 0 Å². The highest BCUT2D eigenvalue weighted by molar-refractivity contribution is 5.93. The number of carboxylic acids is 2. The van der Waals surface area contributed by atoms with Crippen molar-refractivity contribution in [2.45, 2.75) is 44.8 Å². The maximum Gasteiger partial charge on any atom is 0.326 e. The van der Waals surface area contributed by atoms with E-state index >= 15 is 0 Å². The van der Waals surface area contributed by atoms with Crippen molar-refractivity contribution in [3.8, 4) is 0 Å². The number of nitrogens with two attached hydrogens (primary N) is 1. The second-order valence-electron chi connectivity index (χ2n) is 7.39. The predicted molar refractivity (Wildman–Crippen MR) is 109 cm³/mol. The van der Waals surface area contributed by atoms with E-state index < -0.39 is 48.3 Å². The lowest BCUT2D eigenvalue weighted by Gasteiger charge is -2.23. The fourth-order valence-electron chi connectivity index (χ4n) is 2.95. The number of para-hydroxylation sites is 1. The van der Waals surface area contributed by atoms with Crippen LogP contribution in [-0.2, 0) is 25.6 Å². The summed E-state index contributed by atoms with van der Waals surface area (Å²) < 4.78 is 0. The molecule has 0 aliphatic carbocycles. The van der Waals surface area contributed by atoms with E-state index in [1.807, 2.05) is 24.3 Å². The maximum atomic E-state index is 12.8. The van der Waals surface area contributed by atoms with Crippen LogP contribution in [0.3, 0.4) is 0 Å². The van der Waals surface area contributed by atoms with Crippen LogP contribution in [0.25, 0.3) is 10.9 Å². The summed E-state index contributed by atoms with van der Waals surface area (Å²) in [4.78, 5) is 50.5. The first-order chi connectivity index (χ1) is 14.1. The molecule has 7 N–H and O–H groups in total. The Balaban J connectivity index is 2.27. The van der Waals surface area contributed by atoms with Gasteiger partial charge in [0.25, 0.3) is 0 Å². The van der Waals surface area contributed by atoms with Gasteiger partial charge in [-0.25, -0.2) is 4.79 Å². The van der Waals surface area contributed by atoms with Gasteiger partial charge in [0.2, 0.25) is 11.8 Å². The van der Waals surface area contributed by atoms with Gasteiger partial charge < -0.3 is 31.6 Å². The molecule has 0 saturated heterocycles. The van der Waals surface area contributed by atoms with Gasteiger partial charge in [0.1, 0.15) is 12.1 Å². The first kappa shape index (κ1) is 22.9. The number of hydrogen-bond donors (Lipinski definition) is 6. The Labute approximate surface area is 172 Å². The van der Waals surface area contributed by atoms with Crippen LogP contribution < -0.4 is 16.4 Å². The van der Waals surface area contributed by atoms with Crippen molar-refractivity contribution in [1.82, 2.24) is 15.6 Å². The zero-order chi connectivity index (χ0) is 22.4. The van der Waals surface area contributed by atoms with Crippen LogP contribution in [0.4, 0.5) is 0 Å². The number of H-pyrrole nitrogens is 1. The summed E-state index contributed by atoms with van der Waals surface area (Å²) in [5.41, 5.74) is 7.44. The van der Waals surface area contributed by atoms with E-state index in [2.05, 4.69) is 15.6 Å². The Bertz CT molecular complexity index is 938. The van der Waals surface area contributed by atoms with Crippen LogP contribution in [0.1, 0.15) is 25.8 Å². The first-order valence-electron chi connectivity index (χ1n) is 9.46. The number of benzene rings is 1. The number of carbonyl (C=O) groups is 4. The van der Waals surface area contributed by atoms with Crippen LogP contribution in [0, 0.1) is 5.92 Å². The van der Waals surface area contributed by atoms with Crippen molar-refractivity contribution in [2.75, 3.05) is 0 Å². The molecule has 1 aromatic heterocycles. The standard InChI is InChI=1S/C20H26N4O6/c1-10(2)17(21)19(28)23-14(18(27)24-15(20(29)30)8-16(25)26)7-11-9-22-13-6-4-3-5-12(11)13/h3-6,9-10,14-15,17,22H,7-8,21H2,1-2H3,(H,23,28)(H,24,27)(H,25,26)(H,29,30). The van der Waals surface area contributed by atoms with Crippen molar-refractivity contribution in [1.29, 1.82) is 0 Å². The molecule has 2 aromatic rings. The van der Waals surface area contributed by atoms with E-state index in [9.17, 15) is 24.3 Å². The lowest BCUT2D eigenvalue weighted by Crippen LogP contribution is -2.56. The smallest absolute Gasteiger partial charge is 0.326 e. The summed E-state index contributed by atoms with van der Waals surface area (Å²) in [6.45, 7) is 3.51. The molecule has 0 aliphatic rings. The first-order valence-corrected chi connectivity index (χ1v) is 9.46.